The Labute approximate surface area is 128 Å². The highest BCUT2D eigenvalue weighted by Gasteiger charge is 2.24. The van der Waals surface area contributed by atoms with E-state index in [1.807, 2.05) is 0 Å². The maximum Gasteiger partial charge on any atom is 0.289 e. The molecule has 0 radical (unpaired) electrons. The van der Waals surface area contributed by atoms with Gasteiger partial charge in [-0.15, -0.1) is 0 Å². The summed E-state index contributed by atoms with van der Waals surface area (Å²) in [6.07, 6.45) is 0.285. The fourth-order valence-electron chi connectivity index (χ4n) is 1.63. The molecule has 0 aliphatic carbocycles. The summed E-state index contributed by atoms with van der Waals surface area (Å²) >= 11 is 0. The molecule has 0 aromatic heterocycles. The van der Waals surface area contributed by atoms with Gasteiger partial charge in [-0.25, -0.2) is 13.1 Å². The molecule has 0 saturated heterocycles. The van der Waals surface area contributed by atoms with Crippen LogP contribution >= 0.6 is 0 Å². The number of carbonyl (C=O) groups is 1. The number of para-hydroxylation sites is 1. The average molecular weight is 330 g/mol. The van der Waals surface area contributed by atoms with Crippen molar-refractivity contribution < 1.29 is 18.1 Å². The molecule has 3 N–H and O–H groups in total. The number of amides is 1. The molecule has 0 fully saturated rings. The third kappa shape index (κ3) is 5.39. The van der Waals surface area contributed by atoms with E-state index in [0.29, 0.717) is 6.54 Å². The van der Waals surface area contributed by atoms with Crippen molar-refractivity contribution in [3.8, 4) is 0 Å². The molecule has 0 aliphatic heterocycles. The molecule has 0 atom stereocenters. The van der Waals surface area contributed by atoms with E-state index >= 15 is 0 Å². The predicted molar refractivity (Wildman–Crippen MR) is 79.8 cm³/mol. The van der Waals surface area contributed by atoms with Gasteiger partial charge in [-0.3, -0.25) is 14.9 Å². The largest absolute Gasteiger partial charge is 0.355 e. The van der Waals surface area contributed by atoms with E-state index in [1.165, 1.54) is 12.1 Å². The second-order valence-electron chi connectivity index (χ2n) is 4.33. The average Bonchev–Trinajstić information content (AvgIpc) is 2.49. The van der Waals surface area contributed by atoms with Gasteiger partial charge >= 0.3 is 0 Å². The summed E-state index contributed by atoms with van der Waals surface area (Å²) in [5, 5.41) is 16.2. The number of rotatable bonds is 9. The van der Waals surface area contributed by atoms with Crippen LogP contribution in [0.15, 0.2) is 29.2 Å². The Morgan fingerprint density at radius 3 is 2.55 bits per heavy atom. The summed E-state index contributed by atoms with van der Waals surface area (Å²) in [5.41, 5.74) is -0.493. The fourth-order valence-corrected chi connectivity index (χ4v) is 2.83. The van der Waals surface area contributed by atoms with E-state index in [9.17, 15) is 23.3 Å². The minimum Gasteiger partial charge on any atom is -0.355 e. The van der Waals surface area contributed by atoms with Gasteiger partial charge in [0.2, 0.25) is 15.9 Å². The molecule has 1 aromatic carbocycles. The molecule has 1 aromatic rings. The van der Waals surface area contributed by atoms with Gasteiger partial charge in [0.05, 0.1) is 4.92 Å². The Balaban J connectivity index is 2.59. The van der Waals surface area contributed by atoms with Gasteiger partial charge in [-0.1, -0.05) is 12.1 Å². The third-order valence-electron chi connectivity index (χ3n) is 2.69. The number of benzene rings is 1. The van der Waals surface area contributed by atoms with Crippen molar-refractivity contribution in [2.24, 2.45) is 0 Å². The molecule has 0 aliphatic rings. The van der Waals surface area contributed by atoms with Crippen LogP contribution in [0.3, 0.4) is 0 Å². The molecular formula is C12H18N4O5S. The number of carbonyl (C=O) groups excluding carboxylic acids is 1. The quantitative estimate of drug-likeness (QED) is 0.321. The molecule has 0 saturated carbocycles. The monoisotopic (exact) mass is 330 g/mol. The predicted octanol–water partition coefficient (Wildman–Crippen LogP) is -0.401. The Morgan fingerprint density at radius 2 is 1.91 bits per heavy atom. The van der Waals surface area contributed by atoms with Gasteiger partial charge in [-0.05, 0) is 13.1 Å². The lowest BCUT2D eigenvalue weighted by Gasteiger charge is -2.08. The van der Waals surface area contributed by atoms with Gasteiger partial charge in [0, 0.05) is 32.1 Å². The molecular weight excluding hydrogens is 312 g/mol. The van der Waals surface area contributed by atoms with Crippen molar-refractivity contribution in [1.82, 2.24) is 15.4 Å². The molecule has 0 bridgehead atoms. The van der Waals surface area contributed by atoms with Crippen molar-refractivity contribution in [3.63, 3.8) is 0 Å². The molecule has 0 heterocycles. The van der Waals surface area contributed by atoms with E-state index in [-0.39, 0.29) is 25.4 Å². The number of nitro groups is 1. The summed E-state index contributed by atoms with van der Waals surface area (Å²) < 4.78 is 26.3. The molecule has 9 nitrogen and oxygen atoms in total. The van der Waals surface area contributed by atoms with Crippen LogP contribution in [0.25, 0.3) is 0 Å². The lowest BCUT2D eigenvalue weighted by Crippen LogP contribution is -2.35. The van der Waals surface area contributed by atoms with Gasteiger partial charge in [0.25, 0.3) is 5.69 Å². The van der Waals surface area contributed by atoms with E-state index in [1.54, 1.807) is 7.05 Å². The number of nitrogens with one attached hydrogen (secondary N) is 3. The molecule has 10 heteroatoms. The summed E-state index contributed by atoms with van der Waals surface area (Å²) in [6, 6.07) is 5.07. The second kappa shape index (κ2) is 8.41. The summed E-state index contributed by atoms with van der Waals surface area (Å²) in [7, 11) is -2.29. The summed E-state index contributed by atoms with van der Waals surface area (Å²) in [5.74, 6) is -0.209. The van der Waals surface area contributed by atoms with Gasteiger partial charge in [-0.2, -0.15) is 0 Å². The number of hydrogen-bond acceptors (Lipinski definition) is 6. The Morgan fingerprint density at radius 1 is 1.23 bits per heavy atom. The van der Waals surface area contributed by atoms with Crippen LogP contribution in [-0.4, -0.2) is 45.9 Å². The molecule has 1 amide bonds. The highest BCUT2D eigenvalue weighted by Crippen LogP contribution is 2.22. The first-order chi connectivity index (χ1) is 10.4. The lowest BCUT2D eigenvalue weighted by atomic mass is 10.3. The van der Waals surface area contributed by atoms with Crippen molar-refractivity contribution >= 4 is 21.6 Å². The van der Waals surface area contributed by atoms with Crippen LogP contribution in [0.2, 0.25) is 0 Å². The van der Waals surface area contributed by atoms with Crippen LogP contribution in [0, 0.1) is 10.1 Å². The summed E-state index contributed by atoms with van der Waals surface area (Å²) in [4.78, 5) is 21.0. The molecule has 0 spiro atoms. The van der Waals surface area contributed by atoms with Crippen LogP contribution in [-0.2, 0) is 14.8 Å². The lowest BCUT2D eigenvalue weighted by molar-refractivity contribution is -0.387. The van der Waals surface area contributed by atoms with Crippen LogP contribution in [0.5, 0.6) is 0 Å². The maximum atomic E-state index is 12.0. The first-order valence-electron chi connectivity index (χ1n) is 6.53. The normalized spacial score (nSPS) is 11.1. The zero-order chi connectivity index (χ0) is 16.6. The van der Waals surface area contributed by atoms with Crippen molar-refractivity contribution in [2.75, 3.05) is 26.7 Å². The van der Waals surface area contributed by atoms with E-state index in [0.717, 1.165) is 12.1 Å². The SMILES string of the molecule is CNCCC(=O)NCCNS(=O)(=O)c1ccccc1[N+](=O)[O-]. The molecule has 1 rings (SSSR count). The highest BCUT2D eigenvalue weighted by molar-refractivity contribution is 7.89. The minimum atomic E-state index is -4.01. The van der Waals surface area contributed by atoms with Crippen molar-refractivity contribution in [2.45, 2.75) is 11.3 Å². The first kappa shape index (κ1) is 18.0. The minimum absolute atomic E-state index is 0.0559. The van der Waals surface area contributed by atoms with Gasteiger partial charge in [0.15, 0.2) is 4.90 Å². The van der Waals surface area contributed by atoms with Crippen LogP contribution in [0.1, 0.15) is 6.42 Å². The third-order valence-corrected chi connectivity index (χ3v) is 4.20. The Hall–Kier alpha value is -2.04. The Bertz CT molecular complexity index is 632. The van der Waals surface area contributed by atoms with Crippen molar-refractivity contribution in [3.05, 3.63) is 34.4 Å². The van der Waals surface area contributed by atoms with Gasteiger partial charge < -0.3 is 10.6 Å². The van der Waals surface area contributed by atoms with Crippen LogP contribution < -0.4 is 15.4 Å². The van der Waals surface area contributed by atoms with E-state index in [4.69, 9.17) is 0 Å². The zero-order valence-corrected chi connectivity index (χ0v) is 12.9. The first-order valence-corrected chi connectivity index (χ1v) is 8.01. The number of nitro benzene ring substituents is 1. The Kier molecular flexibility index (Phi) is 6.89. The standard InChI is InChI=1S/C12H18N4O5S/c1-13-7-6-12(17)14-8-9-15-22(20,21)11-5-3-2-4-10(11)16(18)19/h2-5,13,15H,6-9H2,1H3,(H,14,17). The van der Waals surface area contributed by atoms with E-state index in [2.05, 4.69) is 15.4 Å². The number of hydrogen-bond donors (Lipinski definition) is 3. The fraction of sp³-hybridized carbons (Fsp3) is 0.417. The molecule has 122 valence electrons. The summed E-state index contributed by atoms with van der Waals surface area (Å²) in [6.45, 7) is 0.565. The maximum absolute atomic E-state index is 12.0. The molecule has 22 heavy (non-hydrogen) atoms. The molecule has 0 unspecified atom stereocenters. The van der Waals surface area contributed by atoms with Crippen molar-refractivity contribution in [1.29, 1.82) is 0 Å². The zero-order valence-electron chi connectivity index (χ0n) is 12.0. The smallest absolute Gasteiger partial charge is 0.289 e. The van der Waals surface area contributed by atoms with Gasteiger partial charge in [0.1, 0.15) is 0 Å². The number of nitrogens with zero attached hydrogens (tertiary/aromatic N) is 1. The second-order valence-corrected chi connectivity index (χ2v) is 6.06. The van der Waals surface area contributed by atoms with E-state index < -0.39 is 25.5 Å². The van der Waals surface area contributed by atoms with Crippen LogP contribution in [0.4, 0.5) is 5.69 Å². The number of sulfonamides is 1. The highest BCUT2D eigenvalue weighted by atomic mass is 32.2. The topological polar surface area (TPSA) is 130 Å².